The molecule has 0 aliphatic carbocycles. The first-order valence-corrected chi connectivity index (χ1v) is 5.29. The topological polar surface area (TPSA) is 33.4 Å². The molecule has 0 aromatic carbocycles. The smallest absolute Gasteiger partial charge is 0.106 e. The Kier molecular flexibility index (Phi) is 3.76. The normalized spacial score (nSPS) is 15.5. The van der Waals surface area contributed by atoms with Gasteiger partial charge >= 0.3 is 0 Å². The van der Waals surface area contributed by atoms with Crippen LogP contribution >= 0.6 is 0 Å². The summed E-state index contributed by atoms with van der Waals surface area (Å²) in [5, 5.41) is 9.96. The number of rotatable bonds is 4. The van der Waals surface area contributed by atoms with Crippen LogP contribution in [0.2, 0.25) is 0 Å². The third-order valence-electron chi connectivity index (χ3n) is 2.76. The van der Waals surface area contributed by atoms with Crippen LogP contribution in [0.25, 0.3) is 0 Å². The molecular weight excluding hydrogens is 176 g/mol. The van der Waals surface area contributed by atoms with E-state index < -0.39 is 0 Å². The van der Waals surface area contributed by atoms with Gasteiger partial charge in [-0.25, -0.2) is 0 Å². The van der Waals surface area contributed by atoms with Gasteiger partial charge in [0.25, 0.3) is 0 Å². The molecule has 0 saturated carbocycles. The zero-order chi connectivity index (χ0) is 10.7. The lowest BCUT2D eigenvalue weighted by Gasteiger charge is -2.13. The second kappa shape index (κ2) is 4.65. The lowest BCUT2D eigenvalue weighted by molar-refractivity contribution is 0.145. The minimum absolute atomic E-state index is 0.373. The highest BCUT2D eigenvalue weighted by molar-refractivity contribution is 5.22. The van der Waals surface area contributed by atoms with Crippen LogP contribution in [-0.2, 0) is 0 Å². The maximum absolute atomic E-state index is 9.96. The van der Waals surface area contributed by atoms with Crippen LogP contribution in [-0.4, -0.2) is 5.11 Å². The molecule has 2 nitrogen and oxygen atoms in total. The van der Waals surface area contributed by atoms with Crippen LogP contribution in [0, 0.1) is 19.8 Å². The number of aliphatic hydroxyl groups is 1. The molecular formula is C12H20O2. The molecule has 14 heavy (non-hydrogen) atoms. The van der Waals surface area contributed by atoms with E-state index >= 15 is 0 Å². The summed E-state index contributed by atoms with van der Waals surface area (Å²) >= 11 is 0. The minimum atomic E-state index is -0.373. The van der Waals surface area contributed by atoms with Gasteiger partial charge in [-0.15, -0.1) is 0 Å². The Morgan fingerprint density at radius 2 is 2.07 bits per heavy atom. The summed E-state index contributed by atoms with van der Waals surface area (Å²) in [6, 6.07) is 1.93. The van der Waals surface area contributed by atoms with E-state index in [2.05, 4.69) is 13.8 Å². The fraction of sp³-hybridized carbons (Fsp3) is 0.667. The van der Waals surface area contributed by atoms with Crippen LogP contribution < -0.4 is 0 Å². The predicted molar refractivity (Wildman–Crippen MR) is 57.2 cm³/mol. The van der Waals surface area contributed by atoms with Crippen LogP contribution in [0.3, 0.4) is 0 Å². The van der Waals surface area contributed by atoms with Crippen molar-refractivity contribution in [2.24, 2.45) is 5.92 Å². The number of aliphatic hydroxyl groups excluding tert-OH is 1. The van der Waals surface area contributed by atoms with E-state index in [4.69, 9.17) is 4.42 Å². The zero-order valence-electron chi connectivity index (χ0n) is 9.50. The van der Waals surface area contributed by atoms with Gasteiger partial charge in [0.1, 0.15) is 11.5 Å². The van der Waals surface area contributed by atoms with Gasteiger partial charge in [-0.3, -0.25) is 0 Å². The second-order valence-electron chi connectivity index (χ2n) is 4.13. The molecule has 80 valence electrons. The fourth-order valence-corrected chi connectivity index (χ4v) is 1.66. The lowest BCUT2D eigenvalue weighted by atomic mass is 9.97. The van der Waals surface area contributed by atoms with Gasteiger partial charge in [-0.1, -0.05) is 20.3 Å². The Morgan fingerprint density at radius 1 is 1.43 bits per heavy atom. The van der Waals surface area contributed by atoms with Gasteiger partial charge in [-0.05, 0) is 32.3 Å². The van der Waals surface area contributed by atoms with Gasteiger partial charge in [0.15, 0.2) is 0 Å². The molecule has 2 unspecified atom stereocenters. The number of hydrogen-bond donors (Lipinski definition) is 1. The van der Waals surface area contributed by atoms with E-state index in [1.54, 1.807) is 0 Å². The molecule has 0 saturated heterocycles. The maximum Gasteiger partial charge on any atom is 0.106 e. The molecule has 0 aliphatic heterocycles. The SMILES string of the molecule is CCC(C)CC(O)c1cc(C)oc1C. The first-order chi connectivity index (χ1) is 6.54. The molecule has 1 N–H and O–H groups in total. The number of furan rings is 1. The summed E-state index contributed by atoms with van der Waals surface area (Å²) in [5.74, 6) is 2.28. The lowest BCUT2D eigenvalue weighted by Crippen LogP contribution is -2.03. The molecule has 0 bridgehead atoms. The minimum Gasteiger partial charge on any atom is -0.466 e. The maximum atomic E-state index is 9.96. The van der Waals surface area contributed by atoms with Crippen molar-refractivity contribution in [1.29, 1.82) is 0 Å². The summed E-state index contributed by atoms with van der Waals surface area (Å²) in [6.07, 6.45) is 1.55. The van der Waals surface area contributed by atoms with Gasteiger partial charge in [0.2, 0.25) is 0 Å². The van der Waals surface area contributed by atoms with Crippen molar-refractivity contribution in [3.8, 4) is 0 Å². The van der Waals surface area contributed by atoms with E-state index in [0.29, 0.717) is 5.92 Å². The summed E-state index contributed by atoms with van der Waals surface area (Å²) in [6.45, 7) is 8.12. The van der Waals surface area contributed by atoms with Gasteiger partial charge in [-0.2, -0.15) is 0 Å². The molecule has 1 rings (SSSR count). The number of aryl methyl sites for hydroxylation is 2. The van der Waals surface area contributed by atoms with E-state index in [1.165, 1.54) is 0 Å². The van der Waals surface area contributed by atoms with Crippen molar-refractivity contribution in [3.63, 3.8) is 0 Å². The second-order valence-corrected chi connectivity index (χ2v) is 4.13. The summed E-state index contributed by atoms with van der Waals surface area (Å²) in [4.78, 5) is 0. The highest BCUT2D eigenvalue weighted by Gasteiger charge is 2.16. The standard InChI is InChI=1S/C12H20O2/c1-5-8(2)6-12(13)11-7-9(3)14-10(11)4/h7-8,12-13H,5-6H2,1-4H3. The van der Waals surface area contributed by atoms with Crippen LogP contribution in [0.15, 0.2) is 10.5 Å². The fourth-order valence-electron chi connectivity index (χ4n) is 1.66. The highest BCUT2D eigenvalue weighted by atomic mass is 16.3. The molecule has 1 aromatic heterocycles. The molecule has 1 heterocycles. The van der Waals surface area contributed by atoms with Gasteiger partial charge in [0.05, 0.1) is 6.10 Å². The Labute approximate surface area is 85.9 Å². The van der Waals surface area contributed by atoms with Crippen LogP contribution in [0.4, 0.5) is 0 Å². The van der Waals surface area contributed by atoms with Crippen molar-refractivity contribution in [2.45, 2.75) is 46.6 Å². The predicted octanol–water partition coefficient (Wildman–Crippen LogP) is 3.37. The Hall–Kier alpha value is -0.760. The van der Waals surface area contributed by atoms with E-state index in [0.717, 1.165) is 29.9 Å². The summed E-state index contributed by atoms with van der Waals surface area (Å²) in [5.41, 5.74) is 0.947. The third kappa shape index (κ3) is 2.61. The first-order valence-electron chi connectivity index (χ1n) is 5.29. The summed E-state index contributed by atoms with van der Waals surface area (Å²) < 4.78 is 5.39. The molecule has 0 aliphatic rings. The van der Waals surface area contributed by atoms with Crippen molar-refractivity contribution >= 4 is 0 Å². The van der Waals surface area contributed by atoms with E-state index in [1.807, 2.05) is 19.9 Å². The Morgan fingerprint density at radius 3 is 2.50 bits per heavy atom. The molecule has 2 atom stereocenters. The van der Waals surface area contributed by atoms with Crippen molar-refractivity contribution < 1.29 is 9.52 Å². The van der Waals surface area contributed by atoms with Crippen molar-refractivity contribution in [2.75, 3.05) is 0 Å². The van der Waals surface area contributed by atoms with Crippen molar-refractivity contribution in [3.05, 3.63) is 23.2 Å². The van der Waals surface area contributed by atoms with Crippen LogP contribution in [0.1, 0.15) is 49.9 Å². The van der Waals surface area contributed by atoms with Gasteiger partial charge in [0, 0.05) is 5.56 Å². The highest BCUT2D eigenvalue weighted by Crippen LogP contribution is 2.27. The van der Waals surface area contributed by atoms with E-state index in [-0.39, 0.29) is 6.10 Å². The molecule has 1 aromatic rings. The molecule has 0 radical (unpaired) electrons. The average molecular weight is 196 g/mol. The van der Waals surface area contributed by atoms with E-state index in [9.17, 15) is 5.11 Å². The quantitative estimate of drug-likeness (QED) is 0.801. The first kappa shape index (κ1) is 11.3. The number of hydrogen-bond acceptors (Lipinski definition) is 2. The summed E-state index contributed by atoms with van der Waals surface area (Å²) in [7, 11) is 0. The molecule has 0 spiro atoms. The van der Waals surface area contributed by atoms with Crippen LogP contribution in [0.5, 0.6) is 0 Å². The molecule has 2 heteroatoms. The van der Waals surface area contributed by atoms with Crippen molar-refractivity contribution in [1.82, 2.24) is 0 Å². The van der Waals surface area contributed by atoms with Gasteiger partial charge < -0.3 is 9.52 Å². The molecule has 0 fully saturated rings. The monoisotopic (exact) mass is 196 g/mol. The molecule has 0 amide bonds. The average Bonchev–Trinajstić information content (AvgIpc) is 2.45. The Balaban J connectivity index is 2.69. The zero-order valence-corrected chi connectivity index (χ0v) is 9.50. The largest absolute Gasteiger partial charge is 0.466 e. The third-order valence-corrected chi connectivity index (χ3v) is 2.76. The Bertz CT molecular complexity index is 289.